The highest BCUT2D eigenvalue weighted by Crippen LogP contribution is 2.51. The summed E-state index contributed by atoms with van der Waals surface area (Å²) in [5.74, 6) is 1.57. The minimum atomic E-state index is -0.208. The summed E-state index contributed by atoms with van der Waals surface area (Å²) >= 11 is 12.6. The third kappa shape index (κ3) is 3.83. The number of fused-ring (bicyclic) bond motifs is 1. The fraction of sp³-hybridized carbons (Fsp3) is 0.385. The maximum atomic E-state index is 10.1. The number of methoxy groups -OCH3 is 1. The van der Waals surface area contributed by atoms with Crippen molar-refractivity contribution in [1.29, 1.82) is 0 Å². The summed E-state index contributed by atoms with van der Waals surface area (Å²) in [7, 11) is 1.68. The molecule has 1 saturated heterocycles. The molecule has 0 unspecified atom stereocenters. The number of halogens is 2. The topological polar surface area (TPSA) is 84.5 Å². The fourth-order valence-corrected chi connectivity index (χ4v) is 5.85. The molecule has 1 spiro atoms. The molecule has 1 fully saturated rings. The number of ether oxygens (including phenoxy) is 1. The number of nitrogens with zero attached hydrogens (tertiary/aromatic N) is 3. The second-order valence-corrected chi connectivity index (χ2v) is 10.0. The summed E-state index contributed by atoms with van der Waals surface area (Å²) in [5, 5.41) is 11.0. The predicted molar refractivity (Wildman–Crippen MR) is 136 cm³/mol. The lowest BCUT2D eigenvalue weighted by Crippen LogP contribution is -2.45. The van der Waals surface area contributed by atoms with Crippen molar-refractivity contribution in [2.75, 3.05) is 25.1 Å². The summed E-state index contributed by atoms with van der Waals surface area (Å²) in [4.78, 5) is 11.8. The zero-order valence-electron chi connectivity index (χ0n) is 19.3. The number of aliphatic hydroxyl groups is 1. The summed E-state index contributed by atoms with van der Waals surface area (Å²) < 4.78 is 5.41. The summed E-state index contributed by atoms with van der Waals surface area (Å²) in [5.41, 5.74) is 12.0. The largest absolute Gasteiger partial charge is 0.497 e. The Balaban J connectivity index is 1.40. The van der Waals surface area contributed by atoms with Gasteiger partial charge in [0.05, 0.1) is 35.1 Å². The van der Waals surface area contributed by atoms with E-state index in [-0.39, 0.29) is 18.1 Å². The second kappa shape index (κ2) is 9.00. The molecular formula is C26H28Cl2N4O2. The molecule has 1 aliphatic carbocycles. The van der Waals surface area contributed by atoms with Crippen molar-refractivity contribution in [3.8, 4) is 17.0 Å². The van der Waals surface area contributed by atoms with E-state index in [1.807, 2.05) is 25.1 Å². The van der Waals surface area contributed by atoms with Gasteiger partial charge in [0.15, 0.2) is 5.82 Å². The van der Waals surface area contributed by atoms with E-state index < -0.39 is 0 Å². The lowest BCUT2D eigenvalue weighted by Gasteiger charge is -2.43. The molecule has 2 aromatic carbocycles. The molecule has 5 rings (SSSR count). The Morgan fingerprint density at radius 3 is 2.65 bits per heavy atom. The number of aliphatic hydroxyl groups excluding tert-OH is 1. The number of hydrogen-bond acceptors (Lipinski definition) is 6. The van der Waals surface area contributed by atoms with Crippen molar-refractivity contribution < 1.29 is 9.84 Å². The van der Waals surface area contributed by atoms with Crippen molar-refractivity contribution in [3.05, 3.63) is 69.0 Å². The van der Waals surface area contributed by atoms with E-state index in [0.29, 0.717) is 27.0 Å². The van der Waals surface area contributed by atoms with Crippen molar-refractivity contribution in [2.24, 2.45) is 11.1 Å². The normalized spacial score (nSPS) is 18.9. The molecule has 3 aromatic rings. The minimum Gasteiger partial charge on any atom is -0.497 e. The zero-order chi connectivity index (χ0) is 24.0. The van der Waals surface area contributed by atoms with Crippen LogP contribution in [0, 0.1) is 12.3 Å². The average Bonchev–Trinajstić information content (AvgIpc) is 3.12. The molecule has 8 heteroatoms. The zero-order valence-corrected chi connectivity index (χ0v) is 20.8. The van der Waals surface area contributed by atoms with Crippen LogP contribution in [0.5, 0.6) is 5.75 Å². The number of rotatable bonds is 4. The van der Waals surface area contributed by atoms with Crippen LogP contribution in [0.25, 0.3) is 11.3 Å². The van der Waals surface area contributed by atoms with E-state index in [1.54, 1.807) is 13.2 Å². The molecular weight excluding hydrogens is 471 g/mol. The Hall–Kier alpha value is -2.38. The Morgan fingerprint density at radius 2 is 1.94 bits per heavy atom. The van der Waals surface area contributed by atoms with E-state index in [0.717, 1.165) is 49.6 Å². The quantitative estimate of drug-likeness (QED) is 0.520. The Labute approximate surface area is 209 Å². The molecule has 2 heterocycles. The van der Waals surface area contributed by atoms with Crippen LogP contribution in [0.3, 0.4) is 0 Å². The first-order chi connectivity index (χ1) is 16.4. The first kappa shape index (κ1) is 23.4. The first-order valence-corrected chi connectivity index (χ1v) is 12.2. The number of hydrogen-bond donors (Lipinski definition) is 2. The van der Waals surface area contributed by atoms with Crippen LogP contribution in [0.2, 0.25) is 10.0 Å². The van der Waals surface area contributed by atoms with Crippen LogP contribution in [0.1, 0.15) is 41.4 Å². The summed E-state index contributed by atoms with van der Waals surface area (Å²) in [6.07, 6.45) is 2.86. The van der Waals surface area contributed by atoms with Gasteiger partial charge in [0.1, 0.15) is 11.4 Å². The predicted octanol–water partition coefficient (Wildman–Crippen LogP) is 5.10. The fourth-order valence-electron chi connectivity index (χ4n) is 5.46. The monoisotopic (exact) mass is 498 g/mol. The number of aromatic nitrogens is 2. The van der Waals surface area contributed by atoms with Crippen LogP contribution in [-0.4, -0.2) is 35.3 Å². The molecule has 178 valence electrons. The third-order valence-corrected chi connectivity index (χ3v) is 8.25. The van der Waals surface area contributed by atoms with E-state index in [1.165, 1.54) is 11.1 Å². The van der Waals surface area contributed by atoms with Gasteiger partial charge in [-0.3, -0.25) is 0 Å². The average molecular weight is 499 g/mol. The summed E-state index contributed by atoms with van der Waals surface area (Å²) in [6.45, 7) is 3.31. The van der Waals surface area contributed by atoms with Crippen LogP contribution in [0.15, 0.2) is 36.4 Å². The Kier molecular flexibility index (Phi) is 6.19. The molecule has 0 bridgehead atoms. The van der Waals surface area contributed by atoms with Crippen LogP contribution in [-0.2, 0) is 13.0 Å². The maximum absolute atomic E-state index is 10.1. The molecule has 3 N–H and O–H groups in total. The molecule has 1 aromatic heterocycles. The minimum absolute atomic E-state index is 0.0165. The molecule has 34 heavy (non-hydrogen) atoms. The van der Waals surface area contributed by atoms with Gasteiger partial charge in [0, 0.05) is 24.7 Å². The third-order valence-electron chi connectivity index (χ3n) is 7.43. The lowest BCUT2D eigenvalue weighted by molar-refractivity contribution is 0.186. The smallest absolute Gasteiger partial charge is 0.153 e. The highest BCUT2D eigenvalue weighted by atomic mass is 35.5. The summed E-state index contributed by atoms with van der Waals surface area (Å²) in [6, 6.07) is 11.7. The van der Waals surface area contributed by atoms with Gasteiger partial charge in [0.25, 0.3) is 0 Å². The van der Waals surface area contributed by atoms with Gasteiger partial charge >= 0.3 is 0 Å². The van der Waals surface area contributed by atoms with E-state index in [2.05, 4.69) is 17.0 Å². The van der Waals surface area contributed by atoms with Crippen molar-refractivity contribution in [3.63, 3.8) is 0 Å². The molecule has 6 nitrogen and oxygen atoms in total. The highest BCUT2D eigenvalue weighted by Gasteiger charge is 2.46. The molecule has 1 aliphatic heterocycles. The van der Waals surface area contributed by atoms with Gasteiger partial charge in [-0.25, -0.2) is 9.97 Å². The molecule has 0 saturated carbocycles. The van der Waals surface area contributed by atoms with Gasteiger partial charge in [-0.05, 0) is 60.9 Å². The SMILES string of the molecule is COc1ccc2c(c1)[C@@H](N)C1(CCN(c3nc(C)c(-c4cccc(Cl)c4Cl)nc3CO)CC1)C2. The lowest BCUT2D eigenvalue weighted by atomic mass is 9.73. The Morgan fingerprint density at radius 1 is 1.18 bits per heavy atom. The van der Waals surface area contributed by atoms with Crippen LogP contribution in [0.4, 0.5) is 5.82 Å². The number of piperidine rings is 1. The number of nitrogens with two attached hydrogens (primary N) is 1. The molecule has 1 atom stereocenters. The van der Waals surface area contributed by atoms with Crippen LogP contribution >= 0.6 is 23.2 Å². The molecule has 0 amide bonds. The van der Waals surface area contributed by atoms with Crippen molar-refractivity contribution in [1.82, 2.24) is 9.97 Å². The Bertz CT molecular complexity index is 1240. The van der Waals surface area contributed by atoms with Gasteiger partial charge in [-0.2, -0.15) is 0 Å². The van der Waals surface area contributed by atoms with Crippen molar-refractivity contribution in [2.45, 2.75) is 38.8 Å². The maximum Gasteiger partial charge on any atom is 0.153 e. The van der Waals surface area contributed by atoms with Crippen LogP contribution < -0.4 is 15.4 Å². The van der Waals surface area contributed by atoms with Gasteiger partial charge in [-0.15, -0.1) is 0 Å². The van der Waals surface area contributed by atoms with Gasteiger partial charge < -0.3 is 20.5 Å². The van der Waals surface area contributed by atoms with E-state index >= 15 is 0 Å². The second-order valence-electron chi connectivity index (χ2n) is 9.26. The molecule has 0 radical (unpaired) electrons. The van der Waals surface area contributed by atoms with E-state index in [4.69, 9.17) is 43.6 Å². The number of aryl methyl sites for hydroxylation is 1. The first-order valence-electron chi connectivity index (χ1n) is 11.5. The number of benzene rings is 2. The van der Waals surface area contributed by atoms with Gasteiger partial charge in [0.2, 0.25) is 0 Å². The highest BCUT2D eigenvalue weighted by molar-refractivity contribution is 6.43. The molecule has 2 aliphatic rings. The standard InChI is InChI=1S/C26H28Cl2N4O2/c1-15-23(18-4-3-5-20(27)22(18)28)31-21(14-33)25(30-15)32-10-8-26(9-11-32)13-16-6-7-17(34-2)12-19(16)24(26)29/h3-7,12,24,33H,8-11,13-14,29H2,1-2H3/t24-/m1/s1. The van der Waals surface area contributed by atoms with E-state index in [9.17, 15) is 5.11 Å². The van der Waals surface area contributed by atoms with Gasteiger partial charge in [-0.1, -0.05) is 41.4 Å². The number of anilines is 1. The van der Waals surface area contributed by atoms with Crippen molar-refractivity contribution >= 4 is 29.0 Å².